The highest BCUT2D eigenvalue weighted by Gasteiger charge is 2.01. The summed E-state index contributed by atoms with van der Waals surface area (Å²) in [6, 6.07) is 11.1. The van der Waals surface area contributed by atoms with Crippen LogP contribution in [-0.4, -0.2) is 31.1 Å². The van der Waals surface area contributed by atoms with Crippen molar-refractivity contribution in [1.82, 2.24) is 15.6 Å². The fourth-order valence-electron chi connectivity index (χ4n) is 2.29. The molecule has 1 aromatic carbocycles. The lowest BCUT2D eigenvalue weighted by molar-refractivity contribution is 0.615. The molecule has 26 heavy (non-hydrogen) atoms. The zero-order chi connectivity index (χ0) is 17.9. The second-order valence-electron chi connectivity index (χ2n) is 5.78. The molecule has 2 rings (SSSR count). The van der Waals surface area contributed by atoms with Crippen molar-refractivity contribution in [2.45, 2.75) is 26.3 Å². The summed E-state index contributed by atoms with van der Waals surface area (Å²) in [5, 5.41) is 9.74. The number of rotatable bonds is 8. The van der Waals surface area contributed by atoms with Crippen LogP contribution in [0.3, 0.4) is 0 Å². The van der Waals surface area contributed by atoms with Gasteiger partial charge >= 0.3 is 0 Å². The highest BCUT2D eigenvalue weighted by Crippen LogP contribution is 2.08. The standard InChI is InChI=1S/C19H26FN5.HI/c1-15-8-9-16(13-17(15)20)14-25-19(21-2)24-12-6-5-11-23-18-7-3-4-10-22-18;/h3-4,7-10,13H,5-6,11-12,14H2,1-2H3,(H,22,23)(H2,21,24,25);1H. The molecule has 142 valence electrons. The van der Waals surface area contributed by atoms with Crippen molar-refractivity contribution in [3.05, 3.63) is 59.5 Å². The van der Waals surface area contributed by atoms with Gasteiger partial charge in [-0.1, -0.05) is 18.2 Å². The van der Waals surface area contributed by atoms with Crippen LogP contribution in [-0.2, 0) is 6.54 Å². The van der Waals surface area contributed by atoms with Gasteiger partial charge in [-0.2, -0.15) is 0 Å². The summed E-state index contributed by atoms with van der Waals surface area (Å²) in [5.74, 6) is 1.44. The summed E-state index contributed by atoms with van der Waals surface area (Å²) < 4.78 is 13.5. The summed E-state index contributed by atoms with van der Waals surface area (Å²) in [6.45, 7) is 4.01. The Labute approximate surface area is 171 Å². The van der Waals surface area contributed by atoms with E-state index in [4.69, 9.17) is 0 Å². The van der Waals surface area contributed by atoms with E-state index in [9.17, 15) is 4.39 Å². The molecule has 0 aliphatic carbocycles. The van der Waals surface area contributed by atoms with Gasteiger partial charge in [0.15, 0.2) is 5.96 Å². The maximum Gasteiger partial charge on any atom is 0.191 e. The number of hydrogen-bond acceptors (Lipinski definition) is 3. The van der Waals surface area contributed by atoms with E-state index >= 15 is 0 Å². The van der Waals surface area contributed by atoms with Gasteiger partial charge in [-0.25, -0.2) is 9.37 Å². The molecule has 1 heterocycles. The van der Waals surface area contributed by atoms with Gasteiger partial charge in [-0.3, -0.25) is 4.99 Å². The molecule has 0 fully saturated rings. The lowest BCUT2D eigenvalue weighted by atomic mass is 10.1. The first-order valence-electron chi connectivity index (χ1n) is 8.53. The Morgan fingerprint density at radius 1 is 1.12 bits per heavy atom. The van der Waals surface area contributed by atoms with E-state index in [0.717, 1.165) is 43.3 Å². The van der Waals surface area contributed by atoms with Gasteiger partial charge in [-0.15, -0.1) is 24.0 Å². The molecule has 0 bridgehead atoms. The van der Waals surface area contributed by atoms with E-state index < -0.39 is 0 Å². The summed E-state index contributed by atoms with van der Waals surface area (Å²) in [6.07, 6.45) is 3.82. The van der Waals surface area contributed by atoms with Crippen LogP contribution >= 0.6 is 24.0 Å². The van der Waals surface area contributed by atoms with Gasteiger partial charge < -0.3 is 16.0 Å². The molecule has 0 aliphatic heterocycles. The highest BCUT2D eigenvalue weighted by molar-refractivity contribution is 14.0. The number of anilines is 1. The van der Waals surface area contributed by atoms with E-state index in [0.29, 0.717) is 12.1 Å². The molecular formula is C19H27FIN5. The monoisotopic (exact) mass is 471 g/mol. The van der Waals surface area contributed by atoms with Crippen LogP contribution in [0.5, 0.6) is 0 Å². The normalized spacial score (nSPS) is 10.8. The molecule has 0 atom stereocenters. The molecule has 0 saturated heterocycles. The number of aromatic nitrogens is 1. The van der Waals surface area contributed by atoms with Crippen molar-refractivity contribution in [3.8, 4) is 0 Å². The van der Waals surface area contributed by atoms with E-state index in [-0.39, 0.29) is 29.8 Å². The number of nitrogens with one attached hydrogen (secondary N) is 3. The van der Waals surface area contributed by atoms with Crippen molar-refractivity contribution < 1.29 is 4.39 Å². The number of guanidine groups is 1. The number of halogens is 2. The summed E-state index contributed by atoms with van der Waals surface area (Å²) in [5.41, 5.74) is 1.55. The molecule has 7 heteroatoms. The number of pyridine rings is 1. The van der Waals surface area contributed by atoms with E-state index in [2.05, 4.69) is 25.9 Å². The molecule has 3 N–H and O–H groups in total. The Morgan fingerprint density at radius 2 is 1.92 bits per heavy atom. The van der Waals surface area contributed by atoms with Crippen LogP contribution in [0.2, 0.25) is 0 Å². The third kappa shape index (κ3) is 7.99. The number of aliphatic imine (C=N–C) groups is 1. The maximum atomic E-state index is 13.5. The van der Waals surface area contributed by atoms with E-state index in [1.807, 2.05) is 24.3 Å². The molecule has 0 radical (unpaired) electrons. The third-order valence-corrected chi connectivity index (χ3v) is 3.79. The van der Waals surface area contributed by atoms with E-state index in [1.165, 1.54) is 0 Å². The molecule has 0 amide bonds. The molecule has 5 nitrogen and oxygen atoms in total. The van der Waals surface area contributed by atoms with Gasteiger partial charge in [0, 0.05) is 32.9 Å². The minimum Gasteiger partial charge on any atom is -0.370 e. The molecule has 0 saturated carbocycles. The van der Waals surface area contributed by atoms with Crippen LogP contribution in [0.1, 0.15) is 24.0 Å². The van der Waals surface area contributed by atoms with E-state index in [1.54, 1.807) is 32.3 Å². The molecule has 0 spiro atoms. The highest BCUT2D eigenvalue weighted by atomic mass is 127. The number of unbranched alkanes of at least 4 members (excludes halogenated alkanes) is 1. The molecular weight excluding hydrogens is 444 g/mol. The summed E-state index contributed by atoms with van der Waals surface area (Å²) in [4.78, 5) is 8.40. The third-order valence-electron chi connectivity index (χ3n) is 3.79. The number of benzene rings is 1. The van der Waals surface area contributed by atoms with Crippen molar-refractivity contribution in [1.29, 1.82) is 0 Å². The summed E-state index contributed by atoms with van der Waals surface area (Å²) in [7, 11) is 1.73. The molecule has 1 aromatic heterocycles. The van der Waals surface area contributed by atoms with Crippen LogP contribution in [0.4, 0.5) is 10.2 Å². The van der Waals surface area contributed by atoms with Crippen LogP contribution in [0.15, 0.2) is 47.6 Å². The van der Waals surface area contributed by atoms with Crippen molar-refractivity contribution >= 4 is 35.8 Å². The van der Waals surface area contributed by atoms with Gasteiger partial charge in [0.05, 0.1) is 0 Å². The Kier molecular flexibility index (Phi) is 10.6. The first kappa shape index (κ1) is 22.1. The quantitative estimate of drug-likeness (QED) is 0.238. The zero-order valence-electron chi connectivity index (χ0n) is 15.3. The van der Waals surface area contributed by atoms with Crippen molar-refractivity contribution in [2.24, 2.45) is 4.99 Å². The minimum absolute atomic E-state index is 0. The molecule has 0 unspecified atom stereocenters. The Morgan fingerprint density at radius 3 is 2.62 bits per heavy atom. The number of aryl methyl sites for hydroxylation is 1. The average Bonchev–Trinajstić information content (AvgIpc) is 2.64. The van der Waals surface area contributed by atoms with Crippen LogP contribution < -0.4 is 16.0 Å². The first-order chi connectivity index (χ1) is 12.2. The van der Waals surface area contributed by atoms with Crippen molar-refractivity contribution in [3.63, 3.8) is 0 Å². The fraction of sp³-hybridized carbons (Fsp3) is 0.368. The lowest BCUT2D eigenvalue weighted by Gasteiger charge is -2.12. The van der Waals surface area contributed by atoms with Gasteiger partial charge in [-0.05, 0) is 49.1 Å². The Balaban J connectivity index is 0.00000338. The SMILES string of the molecule is CN=C(NCCCCNc1ccccn1)NCc1ccc(C)c(F)c1.I. The Hall–Kier alpha value is -1.90. The summed E-state index contributed by atoms with van der Waals surface area (Å²) >= 11 is 0. The number of nitrogens with zero attached hydrogens (tertiary/aromatic N) is 2. The maximum absolute atomic E-state index is 13.5. The van der Waals surface area contributed by atoms with Gasteiger partial charge in [0.1, 0.15) is 11.6 Å². The molecule has 0 aliphatic rings. The number of hydrogen-bond donors (Lipinski definition) is 3. The second-order valence-corrected chi connectivity index (χ2v) is 5.78. The minimum atomic E-state index is -0.178. The Bertz CT molecular complexity index is 679. The second kappa shape index (κ2) is 12.5. The van der Waals surface area contributed by atoms with Crippen LogP contribution in [0, 0.1) is 12.7 Å². The largest absolute Gasteiger partial charge is 0.370 e. The van der Waals surface area contributed by atoms with Crippen LogP contribution in [0.25, 0.3) is 0 Å². The average molecular weight is 471 g/mol. The first-order valence-corrected chi connectivity index (χ1v) is 8.53. The topological polar surface area (TPSA) is 61.3 Å². The van der Waals surface area contributed by atoms with Crippen molar-refractivity contribution in [2.75, 3.05) is 25.5 Å². The predicted octanol–water partition coefficient (Wildman–Crippen LogP) is 3.70. The zero-order valence-corrected chi connectivity index (χ0v) is 17.6. The lowest BCUT2D eigenvalue weighted by Crippen LogP contribution is -2.37. The molecule has 2 aromatic rings. The smallest absolute Gasteiger partial charge is 0.191 e. The van der Waals surface area contributed by atoms with Gasteiger partial charge in [0.25, 0.3) is 0 Å². The fourth-order valence-corrected chi connectivity index (χ4v) is 2.29. The van der Waals surface area contributed by atoms with Gasteiger partial charge in [0.2, 0.25) is 0 Å². The predicted molar refractivity (Wildman–Crippen MR) is 117 cm³/mol.